The molecule has 5 heteroatoms. The van der Waals surface area contributed by atoms with Crippen molar-refractivity contribution in [2.75, 3.05) is 0 Å². The van der Waals surface area contributed by atoms with Gasteiger partial charge in [-0.15, -0.1) is 0 Å². The van der Waals surface area contributed by atoms with Crippen molar-refractivity contribution in [2.45, 2.75) is 39.7 Å². The average Bonchev–Trinajstić information content (AvgIpc) is 2.87. The molecule has 1 N–H and O–H groups in total. The van der Waals surface area contributed by atoms with Crippen molar-refractivity contribution >= 4 is 22.7 Å². The van der Waals surface area contributed by atoms with Crippen molar-refractivity contribution < 1.29 is 9.59 Å². The molecular weight excluding hydrogens is 424 g/mol. The van der Waals surface area contributed by atoms with E-state index >= 15 is 0 Å². The molecule has 1 heterocycles. The van der Waals surface area contributed by atoms with E-state index in [0.29, 0.717) is 17.4 Å². The number of rotatable bonds is 7. The first-order valence-electron chi connectivity index (χ1n) is 11.6. The van der Waals surface area contributed by atoms with Crippen LogP contribution < -0.4 is 10.9 Å². The number of hydrogen-bond acceptors (Lipinski definition) is 3. The van der Waals surface area contributed by atoms with E-state index in [-0.39, 0.29) is 17.9 Å². The van der Waals surface area contributed by atoms with E-state index in [0.717, 1.165) is 28.5 Å². The molecule has 34 heavy (non-hydrogen) atoms. The molecule has 0 unspecified atom stereocenters. The molecule has 0 radical (unpaired) electrons. The molecule has 1 aromatic heterocycles. The second-order valence-electron chi connectivity index (χ2n) is 8.35. The van der Waals surface area contributed by atoms with E-state index < -0.39 is 11.5 Å². The fourth-order valence-electron chi connectivity index (χ4n) is 3.99. The molecule has 0 saturated heterocycles. The first kappa shape index (κ1) is 23.2. The molecule has 0 aliphatic rings. The van der Waals surface area contributed by atoms with Gasteiger partial charge in [-0.25, -0.2) is 4.57 Å². The number of hydrogen-bond donors (Lipinski definition) is 1. The van der Waals surface area contributed by atoms with E-state index in [9.17, 15) is 14.4 Å². The van der Waals surface area contributed by atoms with Gasteiger partial charge in [-0.05, 0) is 52.6 Å². The number of nitrogens with one attached hydrogen (secondary N) is 1. The number of aryl methyl sites for hydroxylation is 2. The summed E-state index contributed by atoms with van der Waals surface area (Å²) in [7, 11) is 0. The Hall–Kier alpha value is -3.99. The number of amides is 1. The van der Waals surface area contributed by atoms with Crippen LogP contribution in [0.25, 0.3) is 10.9 Å². The van der Waals surface area contributed by atoms with E-state index in [2.05, 4.69) is 19.2 Å². The minimum Gasteiger partial charge on any atom is -0.348 e. The fourth-order valence-corrected chi connectivity index (χ4v) is 3.99. The molecule has 3 aromatic carbocycles. The lowest BCUT2D eigenvalue weighted by Gasteiger charge is -2.12. The van der Waals surface area contributed by atoms with E-state index in [1.54, 1.807) is 24.3 Å². The number of aromatic nitrogens is 1. The molecule has 0 saturated carbocycles. The van der Waals surface area contributed by atoms with Crippen LogP contribution in [0.1, 0.15) is 51.3 Å². The number of fused-ring (bicyclic) bond motifs is 1. The van der Waals surface area contributed by atoms with Gasteiger partial charge in [0.2, 0.25) is 5.91 Å². The van der Waals surface area contributed by atoms with E-state index in [4.69, 9.17) is 0 Å². The highest BCUT2D eigenvalue weighted by Gasteiger charge is 2.19. The van der Waals surface area contributed by atoms with Gasteiger partial charge >= 0.3 is 0 Å². The topological polar surface area (TPSA) is 68.2 Å². The summed E-state index contributed by atoms with van der Waals surface area (Å²) in [6.07, 6.45) is 1.93. The Kier molecular flexibility index (Phi) is 7.02. The molecule has 1 amide bonds. The second kappa shape index (κ2) is 10.3. The predicted molar refractivity (Wildman–Crippen MR) is 135 cm³/mol. The normalized spacial score (nSPS) is 10.9. The molecule has 0 atom stereocenters. The zero-order chi connectivity index (χ0) is 24.1. The summed E-state index contributed by atoms with van der Waals surface area (Å²) in [5.74, 6) is -0.862. The molecule has 4 aromatic rings. The predicted octanol–water partition coefficient (Wildman–Crippen LogP) is 4.94. The zero-order valence-corrected chi connectivity index (χ0v) is 19.5. The fraction of sp³-hybridized carbons (Fsp3) is 0.207. The highest BCUT2D eigenvalue weighted by molar-refractivity contribution is 6.00. The lowest BCUT2D eigenvalue weighted by molar-refractivity contribution is 0.0914. The zero-order valence-electron chi connectivity index (χ0n) is 19.5. The van der Waals surface area contributed by atoms with Crippen LogP contribution in [0.15, 0.2) is 83.7 Å². The molecule has 0 bridgehead atoms. The third-order valence-corrected chi connectivity index (χ3v) is 6.08. The molecule has 4 rings (SSSR count). The number of para-hydroxylation sites is 1. The Morgan fingerprint density at radius 2 is 1.32 bits per heavy atom. The molecule has 5 nitrogen and oxygen atoms in total. The second-order valence-corrected chi connectivity index (χ2v) is 8.35. The number of benzene rings is 3. The quantitative estimate of drug-likeness (QED) is 0.432. The van der Waals surface area contributed by atoms with Crippen LogP contribution >= 0.6 is 0 Å². The van der Waals surface area contributed by atoms with Crippen LogP contribution in [0.5, 0.6) is 0 Å². The third kappa shape index (κ3) is 4.99. The van der Waals surface area contributed by atoms with Gasteiger partial charge in [0.15, 0.2) is 0 Å². The Morgan fingerprint density at radius 1 is 0.765 bits per heavy atom. The van der Waals surface area contributed by atoms with Crippen LogP contribution in [0.3, 0.4) is 0 Å². The van der Waals surface area contributed by atoms with Gasteiger partial charge in [0.1, 0.15) is 5.56 Å². The summed E-state index contributed by atoms with van der Waals surface area (Å²) in [5, 5.41) is 3.48. The number of nitrogens with zero attached hydrogens (tertiary/aromatic N) is 1. The highest BCUT2D eigenvalue weighted by Crippen LogP contribution is 2.15. The summed E-state index contributed by atoms with van der Waals surface area (Å²) in [6.45, 7) is 4.46. The molecule has 0 spiro atoms. The summed E-state index contributed by atoms with van der Waals surface area (Å²) >= 11 is 0. The average molecular weight is 453 g/mol. The Bertz CT molecular complexity index is 1380. The van der Waals surface area contributed by atoms with Gasteiger partial charge in [0.25, 0.3) is 11.5 Å². The van der Waals surface area contributed by atoms with Gasteiger partial charge in [-0.1, -0.05) is 80.6 Å². The van der Waals surface area contributed by atoms with Crippen LogP contribution in [0.4, 0.5) is 0 Å². The maximum Gasteiger partial charge on any atom is 0.270 e. The smallest absolute Gasteiger partial charge is 0.270 e. The molecule has 0 aliphatic heterocycles. The van der Waals surface area contributed by atoms with Crippen molar-refractivity contribution in [1.82, 2.24) is 9.88 Å². The van der Waals surface area contributed by atoms with Crippen molar-refractivity contribution in [3.8, 4) is 0 Å². The van der Waals surface area contributed by atoms with Crippen molar-refractivity contribution in [1.29, 1.82) is 0 Å². The van der Waals surface area contributed by atoms with Gasteiger partial charge < -0.3 is 5.32 Å². The third-order valence-electron chi connectivity index (χ3n) is 6.08. The Labute approximate surface area is 199 Å². The van der Waals surface area contributed by atoms with Crippen LogP contribution in [-0.2, 0) is 25.8 Å². The maximum absolute atomic E-state index is 13.3. The summed E-state index contributed by atoms with van der Waals surface area (Å²) < 4.78 is 1.13. The lowest BCUT2D eigenvalue weighted by Crippen LogP contribution is -2.36. The maximum atomic E-state index is 13.3. The summed E-state index contributed by atoms with van der Waals surface area (Å²) in [4.78, 5) is 39.6. The number of pyridine rings is 1. The van der Waals surface area contributed by atoms with Gasteiger partial charge in [-0.3, -0.25) is 14.4 Å². The van der Waals surface area contributed by atoms with E-state index in [1.165, 1.54) is 11.1 Å². The Morgan fingerprint density at radius 3 is 1.94 bits per heavy atom. The number of carbonyl (C=O) groups is 2. The van der Waals surface area contributed by atoms with Gasteiger partial charge in [0, 0.05) is 6.54 Å². The van der Waals surface area contributed by atoms with Crippen molar-refractivity contribution in [3.05, 3.63) is 117 Å². The largest absolute Gasteiger partial charge is 0.348 e. The first-order chi connectivity index (χ1) is 16.5. The van der Waals surface area contributed by atoms with Crippen LogP contribution in [0.2, 0.25) is 0 Å². The van der Waals surface area contributed by atoms with Crippen molar-refractivity contribution in [3.63, 3.8) is 0 Å². The molecule has 0 aliphatic carbocycles. The van der Waals surface area contributed by atoms with Crippen molar-refractivity contribution in [2.24, 2.45) is 0 Å². The van der Waals surface area contributed by atoms with Crippen LogP contribution in [-0.4, -0.2) is 16.4 Å². The minimum atomic E-state index is -0.604. The standard InChI is InChI=1S/C29H28N2O3/c1-3-20-9-13-22(14-10-20)17-27(32)31-26-8-6-5-7-24(26)18-25(29(31)34)28(33)30-19-23-15-11-21(4-2)12-16-23/h5-16,18H,3-4,17,19H2,1-2H3,(H,30,33). The highest BCUT2D eigenvalue weighted by atomic mass is 16.2. The summed E-state index contributed by atoms with van der Waals surface area (Å²) in [6, 6.07) is 24.5. The number of carbonyl (C=O) groups excluding carboxylic acids is 2. The minimum absolute atomic E-state index is 0.0430. The molecule has 172 valence electrons. The SMILES string of the molecule is CCc1ccc(CNC(=O)c2cc3ccccc3n(C(=O)Cc3ccc(CC)cc3)c2=O)cc1. The summed E-state index contributed by atoms with van der Waals surface area (Å²) in [5.41, 5.74) is 4.01. The molecular formula is C29H28N2O3. The van der Waals surface area contributed by atoms with E-state index in [1.807, 2.05) is 54.6 Å². The first-order valence-corrected chi connectivity index (χ1v) is 11.6. The lowest BCUT2D eigenvalue weighted by atomic mass is 10.1. The van der Waals surface area contributed by atoms with Crippen LogP contribution in [0, 0.1) is 0 Å². The Balaban J connectivity index is 1.63. The molecule has 0 fully saturated rings. The monoisotopic (exact) mass is 452 g/mol. The van der Waals surface area contributed by atoms with Gasteiger partial charge in [0.05, 0.1) is 11.9 Å². The van der Waals surface area contributed by atoms with Gasteiger partial charge in [-0.2, -0.15) is 0 Å².